The van der Waals surface area contributed by atoms with Gasteiger partial charge in [-0.15, -0.1) is 0 Å². The molecule has 2 aromatic carbocycles. The van der Waals surface area contributed by atoms with Crippen LogP contribution in [-0.2, 0) is 7.05 Å². The molecule has 1 heterocycles. The maximum atomic E-state index is 12.9. The van der Waals surface area contributed by atoms with Crippen molar-refractivity contribution in [3.63, 3.8) is 0 Å². The molecule has 0 fully saturated rings. The van der Waals surface area contributed by atoms with E-state index in [0.717, 1.165) is 20.7 Å². The van der Waals surface area contributed by atoms with Crippen molar-refractivity contribution in [3.8, 4) is 0 Å². The minimum Gasteiger partial charge on any atom is -0.311 e. The van der Waals surface area contributed by atoms with E-state index in [1.807, 2.05) is 24.3 Å². The molecule has 2 nitrogen and oxygen atoms in total. The van der Waals surface area contributed by atoms with E-state index in [4.69, 9.17) is 0 Å². The summed E-state index contributed by atoms with van der Waals surface area (Å²) >= 11 is 1.47. The first kappa shape index (κ1) is 12.9. The Morgan fingerprint density at radius 2 is 1.75 bits per heavy atom. The molecule has 1 aromatic heterocycles. The molecule has 0 aliphatic rings. The van der Waals surface area contributed by atoms with Gasteiger partial charge in [0.1, 0.15) is 5.82 Å². The first-order chi connectivity index (χ1) is 9.65. The van der Waals surface area contributed by atoms with E-state index in [0.29, 0.717) is 0 Å². The van der Waals surface area contributed by atoms with Crippen LogP contribution in [0.1, 0.15) is 0 Å². The number of benzene rings is 2. The van der Waals surface area contributed by atoms with Crippen LogP contribution in [0.4, 0.5) is 4.39 Å². The molecule has 0 saturated heterocycles. The number of rotatable bonds is 2. The molecule has 20 heavy (non-hydrogen) atoms. The van der Waals surface area contributed by atoms with Gasteiger partial charge in [0.15, 0.2) is 0 Å². The number of pyridine rings is 1. The van der Waals surface area contributed by atoms with Crippen LogP contribution in [0.25, 0.3) is 10.9 Å². The van der Waals surface area contributed by atoms with Gasteiger partial charge in [0.2, 0.25) is 0 Å². The van der Waals surface area contributed by atoms with Crippen LogP contribution < -0.4 is 5.56 Å². The second-order valence-corrected chi connectivity index (χ2v) is 5.59. The monoisotopic (exact) mass is 285 g/mol. The number of para-hydroxylation sites is 1. The largest absolute Gasteiger partial charge is 0.311 e. The fourth-order valence-corrected chi connectivity index (χ4v) is 3.06. The first-order valence-corrected chi connectivity index (χ1v) is 6.99. The van der Waals surface area contributed by atoms with E-state index in [1.165, 1.54) is 23.9 Å². The highest BCUT2D eigenvalue weighted by atomic mass is 32.2. The number of aryl methyl sites for hydroxylation is 1. The number of halogens is 1. The molecular weight excluding hydrogens is 273 g/mol. The zero-order valence-corrected chi connectivity index (χ0v) is 11.7. The Morgan fingerprint density at radius 3 is 2.50 bits per heavy atom. The van der Waals surface area contributed by atoms with E-state index in [2.05, 4.69) is 0 Å². The number of fused-ring (bicyclic) bond motifs is 1. The Labute approximate surface area is 119 Å². The summed E-state index contributed by atoms with van der Waals surface area (Å²) in [6, 6.07) is 15.7. The van der Waals surface area contributed by atoms with Gasteiger partial charge in [-0.25, -0.2) is 4.39 Å². The molecule has 0 radical (unpaired) electrons. The van der Waals surface area contributed by atoms with Crippen molar-refractivity contribution in [2.75, 3.05) is 0 Å². The highest BCUT2D eigenvalue weighted by molar-refractivity contribution is 7.99. The molecule has 0 bridgehead atoms. The molecule has 3 rings (SSSR count). The van der Waals surface area contributed by atoms with Gasteiger partial charge in [-0.05, 0) is 30.3 Å². The van der Waals surface area contributed by atoms with E-state index in [-0.39, 0.29) is 11.4 Å². The zero-order chi connectivity index (χ0) is 14.1. The standard InChI is InChI=1S/C16H12FNOS/c1-18-14-5-3-2-4-13(14)15(10-16(18)19)20-12-8-6-11(17)7-9-12/h2-10H,1H3. The minimum absolute atomic E-state index is 0.0479. The second-order valence-electron chi connectivity index (χ2n) is 4.48. The lowest BCUT2D eigenvalue weighted by Gasteiger charge is -2.09. The average Bonchev–Trinajstić information content (AvgIpc) is 2.47. The highest BCUT2D eigenvalue weighted by Crippen LogP contribution is 2.32. The Hall–Kier alpha value is -2.07. The van der Waals surface area contributed by atoms with Gasteiger partial charge >= 0.3 is 0 Å². The molecule has 100 valence electrons. The normalized spacial score (nSPS) is 10.9. The van der Waals surface area contributed by atoms with Crippen molar-refractivity contribution in [2.24, 2.45) is 7.05 Å². The van der Waals surface area contributed by atoms with E-state index >= 15 is 0 Å². The maximum absolute atomic E-state index is 12.9. The van der Waals surface area contributed by atoms with Crippen molar-refractivity contribution in [3.05, 3.63) is 70.8 Å². The number of hydrogen-bond acceptors (Lipinski definition) is 2. The maximum Gasteiger partial charge on any atom is 0.251 e. The van der Waals surface area contributed by atoms with Crippen LogP contribution in [0, 0.1) is 5.82 Å². The predicted octanol–water partition coefficient (Wildman–Crippen LogP) is 3.83. The molecule has 0 N–H and O–H groups in total. The third-order valence-electron chi connectivity index (χ3n) is 3.16. The summed E-state index contributed by atoms with van der Waals surface area (Å²) < 4.78 is 14.6. The topological polar surface area (TPSA) is 22.0 Å². The van der Waals surface area contributed by atoms with Gasteiger partial charge < -0.3 is 4.57 Å². The SMILES string of the molecule is Cn1c(=O)cc(Sc2ccc(F)cc2)c2ccccc21. The summed E-state index contributed by atoms with van der Waals surface area (Å²) in [6.45, 7) is 0. The molecular formula is C16H12FNOS. The summed E-state index contributed by atoms with van der Waals surface area (Å²) in [5, 5.41) is 1.02. The number of nitrogens with zero attached hydrogens (tertiary/aromatic N) is 1. The van der Waals surface area contributed by atoms with Crippen molar-refractivity contribution >= 4 is 22.7 Å². The van der Waals surface area contributed by atoms with Gasteiger partial charge in [-0.3, -0.25) is 4.79 Å². The Morgan fingerprint density at radius 1 is 1.05 bits per heavy atom. The van der Waals surface area contributed by atoms with Gasteiger partial charge in [-0.1, -0.05) is 30.0 Å². The summed E-state index contributed by atoms with van der Waals surface area (Å²) in [4.78, 5) is 13.8. The fraction of sp³-hybridized carbons (Fsp3) is 0.0625. The molecule has 3 aromatic rings. The number of hydrogen-bond donors (Lipinski definition) is 0. The molecule has 4 heteroatoms. The van der Waals surface area contributed by atoms with E-state index < -0.39 is 0 Å². The van der Waals surface area contributed by atoms with Crippen LogP contribution in [-0.4, -0.2) is 4.57 Å². The molecule has 0 saturated carbocycles. The van der Waals surface area contributed by atoms with Crippen molar-refractivity contribution in [1.29, 1.82) is 0 Å². The molecule has 0 unspecified atom stereocenters. The first-order valence-electron chi connectivity index (χ1n) is 6.17. The summed E-state index contributed by atoms with van der Waals surface area (Å²) in [5.41, 5.74) is 0.845. The van der Waals surface area contributed by atoms with Crippen LogP contribution in [0.5, 0.6) is 0 Å². The smallest absolute Gasteiger partial charge is 0.251 e. The van der Waals surface area contributed by atoms with Gasteiger partial charge in [0.05, 0.1) is 5.52 Å². The van der Waals surface area contributed by atoms with Gasteiger partial charge in [0.25, 0.3) is 5.56 Å². The molecule has 0 aliphatic heterocycles. The second kappa shape index (κ2) is 5.13. The van der Waals surface area contributed by atoms with Crippen molar-refractivity contribution in [2.45, 2.75) is 9.79 Å². The summed E-state index contributed by atoms with van der Waals surface area (Å²) in [7, 11) is 1.76. The predicted molar refractivity (Wildman–Crippen MR) is 79.7 cm³/mol. The lowest BCUT2D eigenvalue weighted by molar-refractivity contribution is 0.626. The Balaban J connectivity index is 2.14. The van der Waals surface area contributed by atoms with E-state index in [9.17, 15) is 9.18 Å². The third kappa shape index (κ3) is 2.34. The lowest BCUT2D eigenvalue weighted by Crippen LogP contribution is -2.15. The summed E-state index contributed by atoms with van der Waals surface area (Å²) in [5.74, 6) is -0.261. The zero-order valence-electron chi connectivity index (χ0n) is 10.8. The van der Waals surface area contributed by atoms with Crippen LogP contribution in [0.15, 0.2) is 69.2 Å². The average molecular weight is 285 g/mol. The fourth-order valence-electron chi connectivity index (χ4n) is 2.09. The number of aromatic nitrogens is 1. The van der Waals surface area contributed by atoms with Crippen molar-refractivity contribution in [1.82, 2.24) is 4.57 Å². The van der Waals surface area contributed by atoms with Crippen LogP contribution >= 0.6 is 11.8 Å². The van der Waals surface area contributed by atoms with Gasteiger partial charge in [-0.2, -0.15) is 0 Å². The quantitative estimate of drug-likeness (QED) is 0.714. The lowest BCUT2D eigenvalue weighted by atomic mass is 10.2. The van der Waals surface area contributed by atoms with Gasteiger partial charge in [0, 0.05) is 28.3 Å². The summed E-state index contributed by atoms with van der Waals surface area (Å²) in [6.07, 6.45) is 0. The molecule has 0 amide bonds. The highest BCUT2D eigenvalue weighted by Gasteiger charge is 2.07. The molecule has 0 atom stereocenters. The minimum atomic E-state index is -0.261. The van der Waals surface area contributed by atoms with E-state index in [1.54, 1.807) is 29.8 Å². The van der Waals surface area contributed by atoms with Crippen LogP contribution in [0.2, 0.25) is 0 Å². The molecule has 0 spiro atoms. The van der Waals surface area contributed by atoms with Crippen LogP contribution in [0.3, 0.4) is 0 Å². The Bertz CT molecular complexity index is 824. The Kier molecular flexibility index (Phi) is 3.32. The third-order valence-corrected chi connectivity index (χ3v) is 4.22. The molecule has 0 aliphatic carbocycles. The van der Waals surface area contributed by atoms with Crippen molar-refractivity contribution < 1.29 is 4.39 Å².